The molecule has 2 rings (SSSR count). The molecule has 2 nitrogen and oxygen atoms in total. The van der Waals surface area contributed by atoms with Gasteiger partial charge in [-0.3, -0.25) is 4.79 Å². The number of hydrogen-bond acceptors (Lipinski definition) is 1. The van der Waals surface area contributed by atoms with Gasteiger partial charge < -0.3 is 5.11 Å². The Hall–Kier alpha value is -0.790. The van der Waals surface area contributed by atoms with Gasteiger partial charge in [0.25, 0.3) is 0 Å². The van der Waals surface area contributed by atoms with Crippen LogP contribution in [0.25, 0.3) is 0 Å². The van der Waals surface area contributed by atoms with E-state index < -0.39 is 11.4 Å². The van der Waals surface area contributed by atoms with Gasteiger partial charge in [0.1, 0.15) is 0 Å². The Labute approximate surface area is 78.6 Å². The number of carboxylic acids is 1. The highest BCUT2D eigenvalue weighted by molar-refractivity contribution is 5.78. The summed E-state index contributed by atoms with van der Waals surface area (Å²) in [5.74, 6) is -0.162. The zero-order chi connectivity index (χ0) is 9.85. The van der Waals surface area contributed by atoms with Crippen LogP contribution in [0.4, 0.5) is 0 Å². The zero-order valence-electron chi connectivity index (χ0n) is 8.26. The molecule has 2 aliphatic rings. The van der Waals surface area contributed by atoms with Crippen molar-refractivity contribution in [1.29, 1.82) is 0 Å². The Morgan fingerprint density at radius 2 is 2.23 bits per heavy atom. The monoisotopic (exact) mass is 180 g/mol. The van der Waals surface area contributed by atoms with E-state index in [0.717, 1.165) is 24.8 Å². The first-order valence-electron chi connectivity index (χ1n) is 4.84. The maximum Gasteiger partial charge on any atom is 0.310 e. The van der Waals surface area contributed by atoms with Crippen molar-refractivity contribution in [3.05, 3.63) is 12.2 Å². The molecule has 0 heterocycles. The van der Waals surface area contributed by atoms with Crippen LogP contribution in [0.5, 0.6) is 0 Å². The minimum Gasteiger partial charge on any atom is -0.481 e. The Bertz CT molecular complexity index is 290. The van der Waals surface area contributed by atoms with Crippen molar-refractivity contribution < 1.29 is 9.90 Å². The molecule has 0 unspecified atom stereocenters. The molecular weight excluding hydrogens is 164 g/mol. The first-order valence-corrected chi connectivity index (χ1v) is 4.84. The fraction of sp³-hybridized carbons (Fsp3) is 0.727. The summed E-state index contributed by atoms with van der Waals surface area (Å²) in [7, 11) is 0. The van der Waals surface area contributed by atoms with Crippen molar-refractivity contribution in [3.63, 3.8) is 0 Å². The Morgan fingerprint density at radius 1 is 1.62 bits per heavy atom. The van der Waals surface area contributed by atoms with Gasteiger partial charge in [-0.05, 0) is 25.2 Å². The van der Waals surface area contributed by atoms with Gasteiger partial charge in [0.2, 0.25) is 0 Å². The van der Waals surface area contributed by atoms with Crippen molar-refractivity contribution in [1.82, 2.24) is 0 Å². The molecule has 0 aromatic heterocycles. The Balaban J connectivity index is 2.50. The molecule has 1 N–H and O–H groups in total. The van der Waals surface area contributed by atoms with Crippen molar-refractivity contribution in [2.24, 2.45) is 16.7 Å². The molecule has 2 heteroatoms. The number of allylic oxidation sites excluding steroid dienone is 1. The van der Waals surface area contributed by atoms with E-state index in [-0.39, 0.29) is 5.41 Å². The van der Waals surface area contributed by atoms with Gasteiger partial charge in [0.05, 0.1) is 5.41 Å². The predicted octanol–water partition coefficient (Wildman–Crippen LogP) is 2.45. The highest BCUT2D eigenvalue weighted by Gasteiger charge is 2.63. The molecular formula is C11H16O2. The average Bonchev–Trinajstić information content (AvgIpc) is 2.53. The van der Waals surface area contributed by atoms with Crippen molar-refractivity contribution in [3.8, 4) is 0 Å². The molecule has 13 heavy (non-hydrogen) atoms. The lowest BCUT2D eigenvalue weighted by molar-refractivity contribution is -0.153. The average molecular weight is 180 g/mol. The third kappa shape index (κ3) is 0.767. The standard InChI is InChI=1S/C11H16O2/c1-7-8-4-5-11(6-8,9(12)13)10(7,2)3/h8H,1,4-6H2,2-3H3,(H,12,13)/t8-,11-/m0/s1. The largest absolute Gasteiger partial charge is 0.481 e. The molecule has 0 radical (unpaired) electrons. The topological polar surface area (TPSA) is 37.3 Å². The fourth-order valence-corrected chi connectivity index (χ4v) is 3.19. The molecule has 2 aliphatic carbocycles. The van der Waals surface area contributed by atoms with Crippen molar-refractivity contribution >= 4 is 5.97 Å². The first-order chi connectivity index (χ1) is 5.92. The van der Waals surface area contributed by atoms with Crippen LogP contribution >= 0.6 is 0 Å². The summed E-state index contributed by atoms with van der Waals surface area (Å²) in [5, 5.41) is 9.30. The lowest BCUT2D eigenvalue weighted by atomic mass is 9.63. The van der Waals surface area contributed by atoms with E-state index in [1.165, 1.54) is 0 Å². The first kappa shape index (κ1) is 8.79. The highest BCUT2D eigenvalue weighted by Crippen LogP contribution is 2.66. The van der Waals surface area contributed by atoms with Gasteiger partial charge in [0.15, 0.2) is 0 Å². The van der Waals surface area contributed by atoms with Crippen LogP contribution in [0.3, 0.4) is 0 Å². The molecule has 2 fully saturated rings. The highest BCUT2D eigenvalue weighted by atomic mass is 16.4. The number of carbonyl (C=O) groups is 1. The molecule has 2 atom stereocenters. The molecule has 0 aliphatic heterocycles. The summed E-state index contributed by atoms with van der Waals surface area (Å²) >= 11 is 0. The molecule has 2 saturated carbocycles. The van der Waals surface area contributed by atoms with E-state index in [1.54, 1.807) is 0 Å². The van der Waals surface area contributed by atoms with Crippen LogP contribution in [0.2, 0.25) is 0 Å². The van der Waals surface area contributed by atoms with Gasteiger partial charge in [-0.15, -0.1) is 0 Å². The SMILES string of the molecule is C=C1[C@H]2CC[C@@](C(=O)O)(C2)C1(C)C. The van der Waals surface area contributed by atoms with Gasteiger partial charge in [-0.2, -0.15) is 0 Å². The lowest BCUT2D eigenvalue weighted by Gasteiger charge is -2.39. The van der Waals surface area contributed by atoms with E-state index in [2.05, 4.69) is 6.58 Å². The number of aliphatic carboxylic acids is 1. The van der Waals surface area contributed by atoms with Gasteiger partial charge in [-0.1, -0.05) is 26.0 Å². The van der Waals surface area contributed by atoms with E-state index in [1.807, 2.05) is 13.8 Å². The van der Waals surface area contributed by atoms with Crippen molar-refractivity contribution in [2.75, 3.05) is 0 Å². The minimum absolute atomic E-state index is 0.207. The molecule has 2 bridgehead atoms. The second-order valence-corrected chi connectivity index (χ2v) is 4.98. The van der Waals surface area contributed by atoms with Crippen LogP contribution < -0.4 is 0 Å². The number of rotatable bonds is 1. The summed E-state index contributed by atoms with van der Waals surface area (Å²) in [6.45, 7) is 8.11. The molecule has 0 amide bonds. The van der Waals surface area contributed by atoms with Crippen LogP contribution in [-0.4, -0.2) is 11.1 Å². The summed E-state index contributed by atoms with van der Waals surface area (Å²) in [6, 6.07) is 0. The van der Waals surface area contributed by atoms with Crippen molar-refractivity contribution in [2.45, 2.75) is 33.1 Å². The lowest BCUT2D eigenvalue weighted by Crippen LogP contribution is -2.41. The Kier molecular flexibility index (Phi) is 1.47. The number of hydrogen-bond donors (Lipinski definition) is 1. The second kappa shape index (κ2) is 2.17. The number of fused-ring (bicyclic) bond motifs is 2. The van der Waals surface area contributed by atoms with E-state index >= 15 is 0 Å². The van der Waals surface area contributed by atoms with E-state index in [9.17, 15) is 9.90 Å². The van der Waals surface area contributed by atoms with E-state index in [0.29, 0.717) is 5.92 Å². The summed E-state index contributed by atoms with van der Waals surface area (Å²) in [6.07, 6.45) is 2.67. The smallest absolute Gasteiger partial charge is 0.310 e. The van der Waals surface area contributed by atoms with Crippen LogP contribution in [0, 0.1) is 16.7 Å². The second-order valence-electron chi connectivity index (χ2n) is 4.98. The quantitative estimate of drug-likeness (QED) is 0.629. The third-order valence-corrected chi connectivity index (χ3v) is 4.42. The Morgan fingerprint density at radius 3 is 2.54 bits per heavy atom. The summed E-state index contributed by atoms with van der Waals surface area (Å²) in [4.78, 5) is 11.3. The van der Waals surface area contributed by atoms with Crippen LogP contribution in [0.1, 0.15) is 33.1 Å². The van der Waals surface area contributed by atoms with Gasteiger partial charge in [-0.25, -0.2) is 0 Å². The fourth-order valence-electron chi connectivity index (χ4n) is 3.19. The summed E-state index contributed by atoms with van der Waals surface area (Å²) < 4.78 is 0. The molecule has 72 valence electrons. The van der Waals surface area contributed by atoms with Gasteiger partial charge >= 0.3 is 5.97 Å². The van der Waals surface area contributed by atoms with E-state index in [4.69, 9.17) is 0 Å². The predicted molar refractivity (Wildman–Crippen MR) is 50.3 cm³/mol. The third-order valence-electron chi connectivity index (χ3n) is 4.42. The maximum atomic E-state index is 11.3. The summed E-state index contributed by atoms with van der Waals surface area (Å²) in [5.41, 5.74) is 0.442. The van der Waals surface area contributed by atoms with Crippen LogP contribution in [0.15, 0.2) is 12.2 Å². The molecule has 0 saturated heterocycles. The number of carboxylic acid groups (broad SMARTS) is 1. The van der Waals surface area contributed by atoms with Gasteiger partial charge in [0, 0.05) is 5.41 Å². The molecule has 0 spiro atoms. The minimum atomic E-state index is -0.626. The molecule has 0 aromatic carbocycles. The molecule has 0 aromatic rings. The zero-order valence-corrected chi connectivity index (χ0v) is 8.26. The normalized spacial score (nSPS) is 41.1. The maximum absolute atomic E-state index is 11.3. The van der Waals surface area contributed by atoms with Crippen LogP contribution in [-0.2, 0) is 4.79 Å².